The molecule has 3 heterocycles. The summed E-state index contributed by atoms with van der Waals surface area (Å²) in [7, 11) is 1.39. The lowest BCUT2D eigenvalue weighted by molar-refractivity contribution is -0.318. The Labute approximate surface area is 245 Å². The van der Waals surface area contributed by atoms with Gasteiger partial charge in [0, 0.05) is 12.1 Å². The first-order valence-electron chi connectivity index (χ1n) is 13.5. The van der Waals surface area contributed by atoms with Crippen molar-refractivity contribution < 1.29 is 74.1 Å². The molecule has 2 aromatic carbocycles. The van der Waals surface area contributed by atoms with Crippen LogP contribution in [0.3, 0.4) is 0 Å². The van der Waals surface area contributed by atoms with Gasteiger partial charge in [-0.1, -0.05) is 6.07 Å². The highest BCUT2D eigenvalue weighted by Gasteiger charge is 2.47. The molecule has 0 amide bonds. The fourth-order valence-electron chi connectivity index (χ4n) is 5.20. The van der Waals surface area contributed by atoms with Crippen LogP contribution in [0.4, 0.5) is 0 Å². The molecular formula is C28H34O15. The molecule has 0 spiro atoms. The molecule has 2 saturated heterocycles. The molecule has 0 radical (unpaired) electrons. The highest BCUT2D eigenvalue weighted by Crippen LogP contribution is 2.43. The number of aliphatic hydroxyl groups is 6. The molecule has 3 aliphatic rings. The van der Waals surface area contributed by atoms with E-state index >= 15 is 0 Å². The van der Waals surface area contributed by atoms with Gasteiger partial charge in [0.15, 0.2) is 23.6 Å². The molecule has 236 valence electrons. The number of phenolic OH excluding ortho intramolecular Hbond substituents is 2. The maximum atomic E-state index is 12.9. The molecule has 0 aliphatic carbocycles. The van der Waals surface area contributed by atoms with Crippen molar-refractivity contribution in [2.75, 3.05) is 13.7 Å². The standard InChI is InChI=1S/C28H34O15/c1-10-21(32)23(34)25(36)27(40-10)39-9-19-22(33)24(35)26(37)28(43-19)41-12-6-14(30)20-15(31)8-17(42-18(20)7-12)11-3-4-16(38-2)13(29)5-11/h3-7,10,17,19,21-30,32-37H,8-9H2,1-2H3/t10?,17-,19?,21-,22-,23-,24-,25?,26?,27+,28+/m0/s1. The van der Waals surface area contributed by atoms with Crippen LogP contribution in [0.25, 0.3) is 0 Å². The molecule has 43 heavy (non-hydrogen) atoms. The number of ketones is 1. The van der Waals surface area contributed by atoms with Crippen LogP contribution in [0, 0.1) is 0 Å². The van der Waals surface area contributed by atoms with E-state index < -0.39 is 85.7 Å². The molecule has 11 atom stereocenters. The number of carbonyl (C=O) groups is 1. The first kappa shape index (κ1) is 31.2. The van der Waals surface area contributed by atoms with E-state index in [-0.39, 0.29) is 35.0 Å². The second-order valence-electron chi connectivity index (χ2n) is 10.6. The van der Waals surface area contributed by atoms with E-state index in [4.69, 9.17) is 28.4 Å². The number of aliphatic hydroxyl groups excluding tert-OH is 6. The minimum atomic E-state index is -1.77. The molecule has 5 rings (SSSR count). The van der Waals surface area contributed by atoms with E-state index in [2.05, 4.69) is 0 Å². The fraction of sp³-hybridized carbons (Fsp3) is 0.536. The number of Topliss-reactive ketones (excluding diaryl/α,β-unsaturated/α-hetero) is 1. The summed E-state index contributed by atoms with van der Waals surface area (Å²) in [4.78, 5) is 12.9. The predicted molar refractivity (Wildman–Crippen MR) is 141 cm³/mol. The second-order valence-corrected chi connectivity index (χ2v) is 10.6. The smallest absolute Gasteiger partial charge is 0.229 e. The average molecular weight is 611 g/mol. The van der Waals surface area contributed by atoms with Crippen LogP contribution in [0.5, 0.6) is 28.7 Å². The summed E-state index contributed by atoms with van der Waals surface area (Å²) >= 11 is 0. The number of aromatic hydroxyl groups is 2. The van der Waals surface area contributed by atoms with E-state index in [9.17, 15) is 45.6 Å². The molecule has 15 heteroatoms. The Hall–Kier alpha value is -3.25. The van der Waals surface area contributed by atoms with E-state index in [1.807, 2.05) is 0 Å². The minimum Gasteiger partial charge on any atom is -0.507 e. The SMILES string of the molecule is COc1ccc([C@@H]2CC(=O)c3c(O)cc(O[C@@H]4OC(CO[C@@H]5OC(C)[C@H](O)[C@H](O)C5O)[C@H](O)[C@H](O)C4O)cc3O2)cc1O. The predicted octanol–water partition coefficient (Wildman–Crippen LogP) is -1.16. The van der Waals surface area contributed by atoms with Gasteiger partial charge in [0.2, 0.25) is 6.29 Å². The van der Waals surface area contributed by atoms with Gasteiger partial charge in [-0.05, 0) is 24.6 Å². The number of fused-ring (bicyclic) bond motifs is 1. The summed E-state index contributed by atoms with van der Waals surface area (Å²) in [6, 6.07) is 6.90. The van der Waals surface area contributed by atoms with Gasteiger partial charge in [-0.2, -0.15) is 0 Å². The van der Waals surface area contributed by atoms with Gasteiger partial charge in [-0.25, -0.2) is 0 Å². The molecule has 4 unspecified atom stereocenters. The van der Waals surface area contributed by atoms with Gasteiger partial charge in [-0.15, -0.1) is 0 Å². The summed E-state index contributed by atoms with van der Waals surface area (Å²) in [6.07, 6.45) is -15.9. The van der Waals surface area contributed by atoms with Crippen molar-refractivity contribution in [2.24, 2.45) is 0 Å². The number of phenols is 2. The molecule has 8 N–H and O–H groups in total. The van der Waals surface area contributed by atoms with Gasteiger partial charge in [0.25, 0.3) is 0 Å². The Bertz CT molecular complexity index is 1320. The third-order valence-corrected chi connectivity index (χ3v) is 7.70. The lowest BCUT2D eigenvalue weighted by Gasteiger charge is -2.42. The molecule has 0 bridgehead atoms. The molecular weight excluding hydrogens is 576 g/mol. The lowest BCUT2D eigenvalue weighted by atomic mass is 9.95. The van der Waals surface area contributed by atoms with Crippen LogP contribution in [-0.4, -0.2) is 122 Å². The van der Waals surface area contributed by atoms with Gasteiger partial charge in [0.1, 0.15) is 71.6 Å². The summed E-state index contributed by atoms with van der Waals surface area (Å²) < 4.78 is 33.1. The number of ether oxygens (including phenoxy) is 6. The van der Waals surface area contributed by atoms with E-state index in [0.29, 0.717) is 5.56 Å². The maximum Gasteiger partial charge on any atom is 0.229 e. The minimum absolute atomic E-state index is 0.0457. The van der Waals surface area contributed by atoms with Crippen molar-refractivity contribution >= 4 is 5.78 Å². The highest BCUT2D eigenvalue weighted by molar-refractivity contribution is 6.02. The largest absolute Gasteiger partial charge is 0.507 e. The van der Waals surface area contributed by atoms with Crippen molar-refractivity contribution in [3.05, 3.63) is 41.5 Å². The first-order valence-corrected chi connectivity index (χ1v) is 13.5. The van der Waals surface area contributed by atoms with Crippen LogP contribution in [0.2, 0.25) is 0 Å². The van der Waals surface area contributed by atoms with E-state index in [1.165, 1.54) is 32.2 Å². The number of rotatable bonds is 7. The average Bonchev–Trinajstić information content (AvgIpc) is 2.97. The summed E-state index contributed by atoms with van der Waals surface area (Å²) in [6.45, 7) is 0.964. The van der Waals surface area contributed by atoms with Crippen LogP contribution in [-0.2, 0) is 14.2 Å². The quantitative estimate of drug-likeness (QED) is 0.185. The van der Waals surface area contributed by atoms with E-state index in [1.54, 1.807) is 6.07 Å². The van der Waals surface area contributed by atoms with Crippen molar-refractivity contribution in [1.29, 1.82) is 0 Å². The number of hydrogen-bond acceptors (Lipinski definition) is 15. The van der Waals surface area contributed by atoms with Crippen LogP contribution >= 0.6 is 0 Å². The molecule has 2 fully saturated rings. The maximum absolute atomic E-state index is 12.9. The van der Waals surface area contributed by atoms with Crippen molar-refractivity contribution in [2.45, 2.75) is 80.9 Å². The Morgan fingerprint density at radius 3 is 2.23 bits per heavy atom. The Morgan fingerprint density at radius 1 is 0.837 bits per heavy atom. The summed E-state index contributed by atoms with van der Waals surface area (Å²) in [5.41, 5.74) is 0.373. The lowest BCUT2D eigenvalue weighted by Crippen LogP contribution is -2.61. The summed E-state index contributed by atoms with van der Waals surface area (Å²) in [5, 5.41) is 82.2. The Balaban J connectivity index is 1.30. The van der Waals surface area contributed by atoms with Crippen LogP contribution < -0.4 is 14.2 Å². The molecule has 15 nitrogen and oxygen atoms in total. The van der Waals surface area contributed by atoms with Gasteiger partial charge < -0.3 is 69.3 Å². The normalized spacial score (nSPS) is 36.0. The van der Waals surface area contributed by atoms with Gasteiger partial charge >= 0.3 is 0 Å². The molecule has 2 aromatic rings. The van der Waals surface area contributed by atoms with E-state index in [0.717, 1.165) is 6.07 Å². The number of methoxy groups -OCH3 is 1. The highest BCUT2D eigenvalue weighted by atomic mass is 16.7. The molecule has 3 aliphatic heterocycles. The van der Waals surface area contributed by atoms with Crippen molar-refractivity contribution in [1.82, 2.24) is 0 Å². The Morgan fingerprint density at radius 2 is 1.53 bits per heavy atom. The van der Waals surface area contributed by atoms with Crippen molar-refractivity contribution in [3.63, 3.8) is 0 Å². The second kappa shape index (κ2) is 12.4. The zero-order chi connectivity index (χ0) is 31.2. The third kappa shape index (κ3) is 6.08. The van der Waals surface area contributed by atoms with Gasteiger partial charge in [-0.3, -0.25) is 4.79 Å². The van der Waals surface area contributed by atoms with Crippen LogP contribution in [0.15, 0.2) is 30.3 Å². The number of benzene rings is 2. The zero-order valence-electron chi connectivity index (χ0n) is 23.1. The topological polar surface area (TPSA) is 234 Å². The number of hydrogen-bond donors (Lipinski definition) is 8. The third-order valence-electron chi connectivity index (χ3n) is 7.70. The van der Waals surface area contributed by atoms with Gasteiger partial charge in [0.05, 0.1) is 26.2 Å². The number of carbonyl (C=O) groups excluding carboxylic acids is 1. The molecule has 0 aromatic heterocycles. The van der Waals surface area contributed by atoms with Crippen molar-refractivity contribution in [3.8, 4) is 28.7 Å². The first-order chi connectivity index (χ1) is 20.4. The fourth-order valence-corrected chi connectivity index (χ4v) is 5.20. The van der Waals surface area contributed by atoms with Crippen LogP contribution in [0.1, 0.15) is 35.4 Å². The molecule has 0 saturated carbocycles. The monoisotopic (exact) mass is 610 g/mol. The summed E-state index contributed by atoms with van der Waals surface area (Å²) in [5.74, 6) is -0.999. The zero-order valence-corrected chi connectivity index (χ0v) is 23.1. The Kier molecular flexibility index (Phi) is 8.99.